The van der Waals surface area contributed by atoms with E-state index in [1.807, 2.05) is 50.4 Å². The SMILES string of the molecule is C[C@@H]1CN([C@H](C)CO)S(=O)(=O)c2ccc(C#Cc3ccccn3)cc2O[C@H]1CN(C)Cc1ccccc1. The van der Waals surface area contributed by atoms with Crippen LogP contribution in [0, 0.1) is 17.8 Å². The fraction of sp³-hybridized carbons (Fsp3) is 0.345. The van der Waals surface area contributed by atoms with E-state index < -0.39 is 16.1 Å². The van der Waals surface area contributed by atoms with Crippen LogP contribution in [0.3, 0.4) is 0 Å². The number of aromatic nitrogens is 1. The number of benzene rings is 2. The minimum Gasteiger partial charge on any atom is -0.487 e. The van der Waals surface area contributed by atoms with Gasteiger partial charge in [-0.3, -0.25) is 4.90 Å². The van der Waals surface area contributed by atoms with E-state index in [1.54, 1.807) is 31.3 Å². The van der Waals surface area contributed by atoms with E-state index in [0.717, 1.165) is 6.54 Å². The summed E-state index contributed by atoms with van der Waals surface area (Å²) in [5, 5.41) is 9.84. The minimum absolute atomic E-state index is 0.0822. The molecule has 0 saturated carbocycles. The van der Waals surface area contributed by atoms with Gasteiger partial charge < -0.3 is 9.84 Å². The maximum Gasteiger partial charge on any atom is 0.247 e. The second-order valence-corrected chi connectivity index (χ2v) is 11.4. The molecule has 3 aromatic rings. The number of hydrogen-bond donors (Lipinski definition) is 1. The summed E-state index contributed by atoms with van der Waals surface area (Å²) < 4.78 is 35.2. The number of fused-ring (bicyclic) bond motifs is 1. The Hall–Kier alpha value is -3.22. The summed E-state index contributed by atoms with van der Waals surface area (Å²) in [4.78, 5) is 6.48. The van der Waals surface area contributed by atoms with Crippen LogP contribution >= 0.6 is 0 Å². The van der Waals surface area contributed by atoms with Crippen molar-refractivity contribution in [1.29, 1.82) is 0 Å². The van der Waals surface area contributed by atoms with Gasteiger partial charge in [-0.25, -0.2) is 13.4 Å². The number of aliphatic hydroxyl groups excluding tert-OH is 1. The van der Waals surface area contributed by atoms with Gasteiger partial charge in [0.1, 0.15) is 22.4 Å². The normalized spacial score (nSPS) is 20.0. The first-order valence-electron chi connectivity index (χ1n) is 12.4. The van der Waals surface area contributed by atoms with Crippen molar-refractivity contribution in [3.05, 3.63) is 89.7 Å². The third-order valence-electron chi connectivity index (χ3n) is 6.45. The third kappa shape index (κ3) is 6.56. The van der Waals surface area contributed by atoms with Gasteiger partial charge in [-0.1, -0.05) is 49.2 Å². The van der Waals surface area contributed by atoms with Crippen molar-refractivity contribution in [2.24, 2.45) is 5.92 Å². The molecule has 0 amide bonds. The zero-order valence-electron chi connectivity index (χ0n) is 21.4. The zero-order chi connectivity index (χ0) is 26.4. The largest absolute Gasteiger partial charge is 0.487 e. The maximum atomic E-state index is 13.7. The number of nitrogens with zero attached hydrogens (tertiary/aromatic N) is 3. The van der Waals surface area contributed by atoms with E-state index in [2.05, 4.69) is 33.9 Å². The summed E-state index contributed by atoms with van der Waals surface area (Å²) >= 11 is 0. The summed E-state index contributed by atoms with van der Waals surface area (Å²) in [6, 6.07) is 20.0. The molecular weight excluding hydrogens is 486 g/mol. The van der Waals surface area contributed by atoms with Crippen LogP contribution in [0.1, 0.15) is 30.7 Å². The van der Waals surface area contributed by atoms with Gasteiger partial charge in [0.2, 0.25) is 10.0 Å². The molecule has 7 nitrogen and oxygen atoms in total. The van der Waals surface area contributed by atoms with Crippen LogP contribution in [0.25, 0.3) is 0 Å². The summed E-state index contributed by atoms with van der Waals surface area (Å²) in [6.45, 7) is 5.02. The lowest BCUT2D eigenvalue weighted by Gasteiger charge is -2.37. The van der Waals surface area contributed by atoms with Crippen molar-refractivity contribution in [3.63, 3.8) is 0 Å². The number of hydrogen-bond acceptors (Lipinski definition) is 6. The molecule has 0 unspecified atom stereocenters. The molecule has 0 bridgehead atoms. The quantitative estimate of drug-likeness (QED) is 0.503. The third-order valence-corrected chi connectivity index (χ3v) is 8.47. The molecule has 8 heteroatoms. The predicted octanol–water partition coefficient (Wildman–Crippen LogP) is 3.38. The number of pyridine rings is 1. The van der Waals surface area contributed by atoms with Crippen LogP contribution in [-0.4, -0.2) is 66.6 Å². The van der Waals surface area contributed by atoms with E-state index in [-0.39, 0.29) is 35.8 Å². The maximum absolute atomic E-state index is 13.7. The molecule has 194 valence electrons. The van der Waals surface area contributed by atoms with Crippen molar-refractivity contribution >= 4 is 10.0 Å². The molecule has 0 spiro atoms. The Bertz CT molecular complexity index is 1350. The Kier molecular flexibility index (Phi) is 8.62. The van der Waals surface area contributed by atoms with Crippen molar-refractivity contribution in [1.82, 2.24) is 14.2 Å². The molecular formula is C29H33N3O4S. The highest BCUT2D eigenvalue weighted by Gasteiger charge is 2.38. The Labute approximate surface area is 219 Å². The van der Waals surface area contributed by atoms with Gasteiger partial charge in [-0.05, 0) is 55.8 Å². The highest BCUT2D eigenvalue weighted by Crippen LogP contribution is 2.34. The Morgan fingerprint density at radius 1 is 1.14 bits per heavy atom. The second-order valence-electron chi connectivity index (χ2n) is 9.55. The van der Waals surface area contributed by atoms with Gasteiger partial charge in [0, 0.05) is 43.4 Å². The summed E-state index contributed by atoms with van der Waals surface area (Å²) in [5.41, 5.74) is 2.44. The zero-order valence-corrected chi connectivity index (χ0v) is 22.2. The molecule has 1 aromatic heterocycles. The lowest BCUT2D eigenvalue weighted by molar-refractivity contribution is 0.0733. The summed E-state index contributed by atoms with van der Waals surface area (Å²) in [7, 11) is -1.87. The molecule has 1 aliphatic heterocycles. The van der Waals surface area contributed by atoms with Gasteiger partial charge in [-0.2, -0.15) is 4.31 Å². The molecule has 0 radical (unpaired) electrons. The number of likely N-dealkylation sites (N-methyl/N-ethyl adjacent to an activating group) is 1. The van der Waals surface area contributed by atoms with Gasteiger partial charge in [0.05, 0.1) is 6.61 Å². The van der Waals surface area contributed by atoms with Crippen molar-refractivity contribution in [3.8, 4) is 17.6 Å². The van der Waals surface area contributed by atoms with Gasteiger partial charge >= 0.3 is 0 Å². The molecule has 1 aliphatic rings. The first kappa shape index (κ1) is 26.8. The Morgan fingerprint density at radius 2 is 1.89 bits per heavy atom. The lowest BCUT2D eigenvalue weighted by atomic mass is 10.0. The molecule has 3 atom stereocenters. The van der Waals surface area contributed by atoms with Crippen LogP contribution in [0.4, 0.5) is 0 Å². The van der Waals surface area contributed by atoms with Gasteiger partial charge in [0.25, 0.3) is 0 Å². The van der Waals surface area contributed by atoms with Crippen molar-refractivity contribution in [2.75, 3.05) is 26.7 Å². The fourth-order valence-electron chi connectivity index (χ4n) is 4.36. The molecule has 0 aliphatic carbocycles. The van der Waals surface area contributed by atoms with Crippen molar-refractivity contribution < 1.29 is 18.3 Å². The van der Waals surface area contributed by atoms with E-state index in [4.69, 9.17) is 4.74 Å². The highest BCUT2D eigenvalue weighted by atomic mass is 32.2. The van der Waals surface area contributed by atoms with Gasteiger partial charge in [0.15, 0.2) is 0 Å². The summed E-state index contributed by atoms with van der Waals surface area (Å²) in [5.74, 6) is 6.23. The minimum atomic E-state index is -3.90. The predicted molar refractivity (Wildman–Crippen MR) is 143 cm³/mol. The standard InChI is InChI=1S/C29H33N3O4S/c1-22-18-32(23(2)21-33)37(34,35)29-15-13-24(12-14-26-11-7-8-16-30-26)17-27(29)36-28(22)20-31(3)19-25-9-5-4-6-10-25/h4-11,13,15-17,22-23,28,33H,18-21H2,1-3H3/t22-,23-,28+/m1/s1. The molecule has 37 heavy (non-hydrogen) atoms. The molecule has 1 N–H and O–H groups in total. The molecule has 0 fully saturated rings. The average molecular weight is 520 g/mol. The molecule has 2 aromatic carbocycles. The van der Waals surface area contributed by atoms with E-state index in [9.17, 15) is 13.5 Å². The Morgan fingerprint density at radius 3 is 2.59 bits per heavy atom. The van der Waals surface area contributed by atoms with Crippen LogP contribution in [0.2, 0.25) is 0 Å². The monoisotopic (exact) mass is 519 g/mol. The van der Waals surface area contributed by atoms with Crippen LogP contribution in [-0.2, 0) is 16.6 Å². The van der Waals surface area contributed by atoms with E-state index >= 15 is 0 Å². The summed E-state index contributed by atoms with van der Waals surface area (Å²) in [6.07, 6.45) is 1.39. The fourth-order valence-corrected chi connectivity index (χ4v) is 6.19. The smallest absolute Gasteiger partial charge is 0.247 e. The van der Waals surface area contributed by atoms with Crippen molar-refractivity contribution in [2.45, 2.75) is 37.4 Å². The van der Waals surface area contributed by atoms with Crippen LogP contribution in [0.5, 0.6) is 5.75 Å². The number of rotatable bonds is 6. The topological polar surface area (TPSA) is 83.0 Å². The van der Waals surface area contributed by atoms with Gasteiger partial charge in [-0.15, -0.1) is 0 Å². The molecule has 2 heterocycles. The van der Waals surface area contributed by atoms with Crippen LogP contribution < -0.4 is 4.74 Å². The number of aliphatic hydroxyl groups is 1. The molecule has 0 saturated heterocycles. The second kappa shape index (κ2) is 11.9. The number of ether oxygens (including phenoxy) is 1. The molecule has 4 rings (SSSR count). The van der Waals surface area contributed by atoms with E-state index in [0.29, 0.717) is 17.8 Å². The highest BCUT2D eigenvalue weighted by molar-refractivity contribution is 7.89. The average Bonchev–Trinajstić information content (AvgIpc) is 2.90. The van der Waals surface area contributed by atoms with Crippen LogP contribution in [0.15, 0.2) is 77.8 Å². The number of sulfonamides is 1. The first-order valence-corrected chi connectivity index (χ1v) is 13.8. The van der Waals surface area contributed by atoms with E-state index in [1.165, 1.54) is 9.87 Å². The Balaban J connectivity index is 1.69. The first-order chi connectivity index (χ1) is 17.8. The lowest BCUT2D eigenvalue weighted by Crippen LogP contribution is -2.49.